The maximum absolute atomic E-state index is 12.6. The van der Waals surface area contributed by atoms with Gasteiger partial charge in [0.2, 0.25) is 0 Å². The van der Waals surface area contributed by atoms with Crippen molar-refractivity contribution in [2.75, 3.05) is 19.8 Å². The van der Waals surface area contributed by atoms with E-state index in [0.717, 1.165) is 6.20 Å². The van der Waals surface area contributed by atoms with E-state index in [0.29, 0.717) is 13.1 Å². The van der Waals surface area contributed by atoms with Crippen molar-refractivity contribution in [3.63, 3.8) is 0 Å². The third kappa shape index (κ3) is 2.74. The second-order valence-electron chi connectivity index (χ2n) is 4.22. The van der Waals surface area contributed by atoms with Crippen LogP contribution in [0.5, 0.6) is 0 Å². The van der Waals surface area contributed by atoms with Crippen molar-refractivity contribution in [3.8, 4) is 0 Å². The lowest BCUT2D eigenvalue weighted by atomic mass is 10.0. The largest absolute Gasteiger partial charge is 0.433 e. The molecule has 0 bridgehead atoms. The first-order chi connectivity index (χ1) is 8.00. The van der Waals surface area contributed by atoms with Crippen LogP contribution in [0.1, 0.15) is 11.3 Å². The third-order valence-corrected chi connectivity index (χ3v) is 2.80. The molecule has 0 unspecified atom stereocenters. The smallest absolute Gasteiger partial charge is 0.298 e. The summed E-state index contributed by atoms with van der Waals surface area (Å²) in [5.74, 6) is -0.0268. The number of nitrogens with zero attached hydrogens (tertiary/aromatic N) is 2. The van der Waals surface area contributed by atoms with Gasteiger partial charge in [-0.3, -0.25) is 14.3 Å². The molecule has 0 saturated carbocycles. The average Bonchev–Trinajstić information content (AvgIpc) is 2.22. The van der Waals surface area contributed by atoms with Crippen molar-refractivity contribution in [1.29, 1.82) is 0 Å². The highest BCUT2D eigenvalue weighted by Crippen LogP contribution is 2.31. The molecule has 0 radical (unpaired) electrons. The van der Waals surface area contributed by atoms with Gasteiger partial charge in [0.05, 0.1) is 6.67 Å². The molecule has 2 rings (SSSR count). The van der Waals surface area contributed by atoms with E-state index in [9.17, 15) is 17.6 Å². The molecule has 1 aliphatic heterocycles. The maximum Gasteiger partial charge on any atom is 0.433 e. The van der Waals surface area contributed by atoms with Crippen LogP contribution in [-0.2, 0) is 12.7 Å². The minimum atomic E-state index is -4.43. The molecule has 0 atom stereocenters. The summed E-state index contributed by atoms with van der Waals surface area (Å²) in [4.78, 5) is 5.16. The van der Waals surface area contributed by atoms with Gasteiger partial charge in [-0.2, -0.15) is 13.2 Å². The van der Waals surface area contributed by atoms with Crippen molar-refractivity contribution in [1.82, 2.24) is 9.88 Å². The van der Waals surface area contributed by atoms with E-state index >= 15 is 0 Å². The summed E-state index contributed by atoms with van der Waals surface area (Å²) < 4.78 is 50.1. The first kappa shape index (κ1) is 12.3. The minimum Gasteiger partial charge on any atom is -0.298 e. The summed E-state index contributed by atoms with van der Waals surface area (Å²) in [6.07, 6.45) is -3.30. The molecule has 1 aromatic heterocycles. The van der Waals surface area contributed by atoms with Crippen LogP contribution in [0, 0.1) is 5.92 Å². The van der Waals surface area contributed by atoms with Crippen LogP contribution in [0.3, 0.4) is 0 Å². The average molecular weight is 248 g/mol. The normalized spacial score (nSPS) is 18.1. The van der Waals surface area contributed by atoms with Crippen molar-refractivity contribution in [2.45, 2.75) is 12.7 Å². The van der Waals surface area contributed by atoms with E-state index in [1.165, 1.54) is 12.1 Å². The highest BCUT2D eigenvalue weighted by Gasteiger charge is 2.36. The molecular formula is C11H12F4N2. The molecule has 1 fully saturated rings. The molecule has 0 spiro atoms. The van der Waals surface area contributed by atoms with Crippen LogP contribution in [0.4, 0.5) is 17.6 Å². The summed E-state index contributed by atoms with van der Waals surface area (Å²) in [5, 5.41) is 0. The Hall–Kier alpha value is -1.17. The van der Waals surface area contributed by atoms with Crippen molar-refractivity contribution < 1.29 is 17.6 Å². The first-order valence-corrected chi connectivity index (χ1v) is 5.30. The number of hydrogen-bond acceptors (Lipinski definition) is 2. The molecule has 1 aromatic rings. The van der Waals surface area contributed by atoms with Gasteiger partial charge in [0.15, 0.2) is 0 Å². The van der Waals surface area contributed by atoms with Crippen LogP contribution in [0.15, 0.2) is 18.3 Å². The number of aromatic nitrogens is 1. The summed E-state index contributed by atoms with van der Waals surface area (Å²) in [7, 11) is 0. The standard InChI is InChI=1S/C11H12F4N2/c12-4-8-5-17(6-8)7-9-2-1-3-16-10(9)11(13,14)15/h1-3,8H,4-7H2. The molecule has 0 N–H and O–H groups in total. The Morgan fingerprint density at radius 3 is 2.65 bits per heavy atom. The molecule has 17 heavy (non-hydrogen) atoms. The third-order valence-electron chi connectivity index (χ3n) is 2.80. The van der Waals surface area contributed by atoms with Crippen LogP contribution in [-0.4, -0.2) is 29.6 Å². The lowest BCUT2D eigenvalue weighted by molar-refractivity contribution is -0.142. The zero-order valence-corrected chi connectivity index (χ0v) is 9.04. The topological polar surface area (TPSA) is 16.1 Å². The fourth-order valence-electron chi connectivity index (χ4n) is 1.97. The number of pyridine rings is 1. The van der Waals surface area contributed by atoms with Crippen LogP contribution in [0.2, 0.25) is 0 Å². The van der Waals surface area contributed by atoms with E-state index < -0.39 is 18.5 Å². The fourth-order valence-corrected chi connectivity index (χ4v) is 1.97. The number of likely N-dealkylation sites (tertiary alicyclic amines) is 1. The van der Waals surface area contributed by atoms with Gasteiger partial charge in [-0.05, 0) is 11.6 Å². The zero-order chi connectivity index (χ0) is 12.5. The Bertz CT molecular complexity index is 385. The lowest BCUT2D eigenvalue weighted by Gasteiger charge is -2.38. The Labute approximate surface area is 96.3 Å². The molecule has 94 valence electrons. The predicted octanol–water partition coefficient (Wildman–Crippen LogP) is 2.50. The van der Waals surface area contributed by atoms with Gasteiger partial charge in [-0.25, -0.2) is 0 Å². The molecule has 2 nitrogen and oxygen atoms in total. The summed E-state index contributed by atoms with van der Waals surface area (Å²) in [6, 6.07) is 2.90. The predicted molar refractivity (Wildman–Crippen MR) is 54.0 cm³/mol. The van der Waals surface area contributed by atoms with E-state index in [1.807, 2.05) is 0 Å². The molecule has 0 aromatic carbocycles. The highest BCUT2D eigenvalue weighted by atomic mass is 19.4. The van der Waals surface area contributed by atoms with Gasteiger partial charge in [0.1, 0.15) is 5.69 Å². The van der Waals surface area contributed by atoms with Gasteiger partial charge in [0.25, 0.3) is 0 Å². The monoisotopic (exact) mass is 248 g/mol. The molecule has 6 heteroatoms. The Morgan fingerprint density at radius 2 is 2.06 bits per heavy atom. The van der Waals surface area contributed by atoms with E-state index in [-0.39, 0.29) is 18.0 Å². The Balaban J connectivity index is 2.06. The second-order valence-corrected chi connectivity index (χ2v) is 4.22. The Kier molecular flexibility index (Phi) is 3.33. The zero-order valence-electron chi connectivity index (χ0n) is 9.04. The second kappa shape index (κ2) is 4.60. The van der Waals surface area contributed by atoms with Gasteiger partial charge in [-0.15, -0.1) is 0 Å². The van der Waals surface area contributed by atoms with Crippen LogP contribution in [0.25, 0.3) is 0 Å². The van der Waals surface area contributed by atoms with Gasteiger partial charge in [0, 0.05) is 31.7 Å². The van der Waals surface area contributed by atoms with E-state index in [2.05, 4.69) is 4.98 Å². The molecular weight excluding hydrogens is 236 g/mol. The van der Waals surface area contributed by atoms with Crippen molar-refractivity contribution in [3.05, 3.63) is 29.6 Å². The van der Waals surface area contributed by atoms with Crippen LogP contribution >= 0.6 is 0 Å². The number of alkyl halides is 4. The van der Waals surface area contributed by atoms with E-state index in [4.69, 9.17) is 0 Å². The summed E-state index contributed by atoms with van der Waals surface area (Å²) in [5.41, 5.74) is -0.694. The molecule has 1 aliphatic rings. The summed E-state index contributed by atoms with van der Waals surface area (Å²) in [6.45, 7) is 0.806. The molecule has 2 heterocycles. The molecule has 0 aliphatic carbocycles. The minimum absolute atomic E-state index is 0.0268. The molecule has 0 amide bonds. The number of rotatable bonds is 3. The van der Waals surface area contributed by atoms with Crippen molar-refractivity contribution in [2.24, 2.45) is 5.92 Å². The quantitative estimate of drug-likeness (QED) is 0.764. The van der Waals surface area contributed by atoms with Gasteiger partial charge < -0.3 is 0 Å². The first-order valence-electron chi connectivity index (χ1n) is 5.30. The van der Waals surface area contributed by atoms with Crippen molar-refractivity contribution >= 4 is 0 Å². The lowest BCUT2D eigenvalue weighted by Crippen LogP contribution is -2.47. The number of hydrogen-bond donors (Lipinski definition) is 0. The highest BCUT2D eigenvalue weighted by molar-refractivity contribution is 5.22. The summed E-state index contributed by atoms with van der Waals surface area (Å²) >= 11 is 0. The van der Waals surface area contributed by atoms with Crippen LogP contribution < -0.4 is 0 Å². The fraction of sp³-hybridized carbons (Fsp3) is 0.545. The van der Waals surface area contributed by atoms with E-state index in [1.54, 1.807) is 4.90 Å². The van der Waals surface area contributed by atoms with Gasteiger partial charge in [-0.1, -0.05) is 6.07 Å². The van der Waals surface area contributed by atoms with Gasteiger partial charge >= 0.3 is 6.18 Å². The number of halogens is 4. The SMILES string of the molecule is FCC1CN(Cc2cccnc2C(F)(F)F)C1. The molecule has 1 saturated heterocycles. The Morgan fingerprint density at radius 1 is 1.35 bits per heavy atom. The maximum atomic E-state index is 12.6.